The van der Waals surface area contributed by atoms with Crippen LogP contribution in [0.4, 0.5) is 0 Å². The fraction of sp³-hybridized carbons (Fsp3) is 1.00. The van der Waals surface area contributed by atoms with Gasteiger partial charge in [0, 0.05) is 18.6 Å². The number of alkyl halides is 3. The molecule has 0 aromatic heterocycles. The number of halogens is 3. The fourth-order valence-corrected chi connectivity index (χ4v) is 4.00. The first-order valence-electron chi connectivity index (χ1n) is 7.39. The van der Waals surface area contributed by atoms with E-state index in [-0.39, 0.29) is 0 Å². The van der Waals surface area contributed by atoms with Gasteiger partial charge in [-0.25, -0.2) is 0 Å². The summed E-state index contributed by atoms with van der Waals surface area (Å²) < 4.78 is -1.13. The molecule has 2 fully saturated rings. The average molecular weight is 313 g/mol. The third kappa shape index (κ3) is 4.74. The SMILES string of the molecule is ClC(Cl)(Cl)CN(C1CCCCC1)C1CCCCC1. The van der Waals surface area contributed by atoms with E-state index < -0.39 is 3.79 Å². The molecule has 0 unspecified atom stereocenters. The van der Waals surface area contributed by atoms with Crippen LogP contribution in [0.25, 0.3) is 0 Å². The summed E-state index contributed by atoms with van der Waals surface area (Å²) in [6.07, 6.45) is 13.3. The van der Waals surface area contributed by atoms with Crippen molar-refractivity contribution in [1.82, 2.24) is 4.90 Å². The highest BCUT2D eigenvalue weighted by atomic mass is 35.6. The number of hydrogen-bond donors (Lipinski definition) is 0. The Kier molecular flexibility index (Phi) is 5.93. The van der Waals surface area contributed by atoms with Crippen molar-refractivity contribution < 1.29 is 0 Å². The Hall–Kier alpha value is 0.830. The summed E-state index contributed by atoms with van der Waals surface area (Å²) in [5, 5.41) is 0. The predicted molar refractivity (Wildman–Crippen MR) is 80.7 cm³/mol. The maximum atomic E-state index is 6.06. The van der Waals surface area contributed by atoms with Gasteiger partial charge in [0.2, 0.25) is 3.79 Å². The lowest BCUT2D eigenvalue weighted by Crippen LogP contribution is -2.48. The van der Waals surface area contributed by atoms with E-state index in [9.17, 15) is 0 Å². The lowest BCUT2D eigenvalue weighted by molar-refractivity contribution is 0.0830. The van der Waals surface area contributed by atoms with Gasteiger partial charge in [-0.2, -0.15) is 0 Å². The van der Waals surface area contributed by atoms with Crippen molar-refractivity contribution in [3.8, 4) is 0 Å². The van der Waals surface area contributed by atoms with E-state index in [1.165, 1.54) is 64.2 Å². The Morgan fingerprint density at radius 2 is 1.11 bits per heavy atom. The molecule has 18 heavy (non-hydrogen) atoms. The van der Waals surface area contributed by atoms with E-state index in [1.807, 2.05) is 0 Å². The Bertz CT molecular complexity index is 222. The maximum Gasteiger partial charge on any atom is 0.203 e. The molecular formula is C14H24Cl3N. The largest absolute Gasteiger partial charge is 0.293 e. The summed E-state index contributed by atoms with van der Waals surface area (Å²) in [5.74, 6) is 0. The second kappa shape index (κ2) is 7.02. The number of rotatable bonds is 3. The third-order valence-corrected chi connectivity index (χ3v) is 4.81. The molecule has 0 radical (unpaired) electrons. The zero-order valence-corrected chi connectivity index (χ0v) is 13.3. The van der Waals surface area contributed by atoms with Crippen LogP contribution in [0, 0.1) is 0 Å². The minimum absolute atomic E-state index is 0.604. The van der Waals surface area contributed by atoms with Crippen LogP contribution in [-0.2, 0) is 0 Å². The standard InChI is InChI=1S/C14H24Cl3N/c15-14(16,17)11-18(12-7-3-1-4-8-12)13-9-5-2-6-10-13/h12-13H,1-11H2. The van der Waals surface area contributed by atoms with Gasteiger partial charge in [-0.1, -0.05) is 73.3 Å². The predicted octanol–water partition coefficient (Wildman–Crippen LogP) is 5.32. The van der Waals surface area contributed by atoms with Gasteiger partial charge in [-0.15, -0.1) is 0 Å². The first-order valence-corrected chi connectivity index (χ1v) is 8.52. The smallest absolute Gasteiger partial charge is 0.203 e. The molecular weight excluding hydrogens is 289 g/mol. The molecule has 0 amide bonds. The molecule has 0 bridgehead atoms. The van der Waals surface area contributed by atoms with E-state index in [4.69, 9.17) is 34.8 Å². The van der Waals surface area contributed by atoms with Crippen molar-refractivity contribution in [1.29, 1.82) is 0 Å². The molecule has 0 saturated heterocycles. The van der Waals surface area contributed by atoms with Crippen molar-refractivity contribution in [2.24, 2.45) is 0 Å². The highest BCUT2D eigenvalue weighted by Crippen LogP contribution is 2.35. The minimum atomic E-state index is -1.13. The Balaban J connectivity index is 2.00. The molecule has 1 nitrogen and oxygen atoms in total. The van der Waals surface area contributed by atoms with E-state index >= 15 is 0 Å². The van der Waals surface area contributed by atoms with Crippen molar-refractivity contribution in [2.75, 3.05) is 6.54 Å². The van der Waals surface area contributed by atoms with Gasteiger partial charge < -0.3 is 0 Å². The van der Waals surface area contributed by atoms with Crippen LogP contribution in [0.1, 0.15) is 64.2 Å². The molecule has 2 aliphatic carbocycles. The molecule has 0 atom stereocenters. The van der Waals surface area contributed by atoms with E-state index in [2.05, 4.69) is 4.90 Å². The van der Waals surface area contributed by atoms with Crippen LogP contribution in [0.15, 0.2) is 0 Å². The molecule has 0 heterocycles. The molecule has 0 aliphatic heterocycles. The molecule has 0 aromatic carbocycles. The second-order valence-electron chi connectivity index (χ2n) is 5.87. The van der Waals surface area contributed by atoms with Crippen molar-refractivity contribution in [3.63, 3.8) is 0 Å². The van der Waals surface area contributed by atoms with Crippen LogP contribution in [0.2, 0.25) is 0 Å². The Morgan fingerprint density at radius 1 is 0.722 bits per heavy atom. The molecule has 106 valence electrons. The van der Waals surface area contributed by atoms with Crippen molar-refractivity contribution in [3.05, 3.63) is 0 Å². The molecule has 0 N–H and O–H groups in total. The molecule has 2 aliphatic rings. The minimum Gasteiger partial charge on any atom is -0.293 e. The van der Waals surface area contributed by atoms with Crippen LogP contribution in [0.5, 0.6) is 0 Å². The second-order valence-corrected chi connectivity index (χ2v) is 8.39. The molecule has 2 rings (SSSR count). The summed E-state index contributed by atoms with van der Waals surface area (Å²) in [6, 6.07) is 1.30. The third-order valence-electron chi connectivity index (χ3n) is 4.45. The van der Waals surface area contributed by atoms with Crippen LogP contribution >= 0.6 is 34.8 Å². The summed E-state index contributed by atoms with van der Waals surface area (Å²) in [5.41, 5.74) is 0. The lowest BCUT2D eigenvalue weighted by atomic mass is 9.89. The summed E-state index contributed by atoms with van der Waals surface area (Å²) in [7, 11) is 0. The topological polar surface area (TPSA) is 3.24 Å². The van der Waals surface area contributed by atoms with Crippen LogP contribution < -0.4 is 0 Å². The maximum absolute atomic E-state index is 6.06. The van der Waals surface area contributed by atoms with Crippen molar-refractivity contribution in [2.45, 2.75) is 80.1 Å². The Labute approximate surface area is 126 Å². The van der Waals surface area contributed by atoms with Crippen LogP contribution in [-0.4, -0.2) is 27.3 Å². The fourth-order valence-electron chi connectivity index (χ4n) is 3.59. The summed E-state index contributed by atoms with van der Waals surface area (Å²) in [4.78, 5) is 2.53. The first-order chi connectivity index (χ1) is 8.56. The van der Waals surface area contributed by atoms with Crippen LogP contribution in [0.3, 0.4) is 0 Å². The van der Waals surface area contributed by atoms with E-state index in [0.29, 0.717) is 18.6 Å². The Morgan fingerprint density at radius 3 is 1.44 bits per heavy atom. The normalized spacial score (nSPS) is 24.7. The van der Waals surface area contributed by atoms with Gasteiger partial charge >= 0.3 is 0 Å². The van der Waals surface area contributed by atoms with Gasteiger partial charge in [0.25, 0.3) is 0 Å². The quantitative estimate of drug-likeness (QED) is 0.637. The van der Waals surface area contributed by atoms with Gasteiger partial charge in [0.1, 0.15) is 0 Å². The first kappa shape index (κ1) is 15.2. The van der Waals surface area contributed by atoms with E-state index in [1.54, 1.807) is 0 Å². The molecule has 0 aromatic rings. The van der Waals surface area contributed by atoms with Gasteiger partial charge in [-0.3, -0.25) is 4.90 Å². The number of nitrogens with zero attached hydrogens (tertiary/aromatic N) is 1. The highest BCUT2D eigenvalue weighted by Gasteiger charge is 2.34. The van der Waals surface area contributed by atoms with Gasteiger partial charge in [0.05, 0.1) is 0 Å². The lowest BCUT2D eigenvalue weighted by Gasteiger charge is -2.43. The number of hydrogen-bond acceptors (Lipinski definition) is 1. The van der Waals surface area contributed by atoms with Crippen molar-refractivity contribution >= 4 is 34.8 Å². The summed E-state index contributed by atoms with van der Waals surface area (Å²) in [6.45, 7) is 0.604. The summed E-state index contributed by atoms with van der Waals surface area (Å²) >= 11 is 18.2. The molecule has 2 saturated carbocycles. The monoisotopic (exact) mass is 311 g/mol. The zero-order chi connectivity index (χ0) is 13.0. The zero-order valence-electron chi connectivity index (χ0n) is 11.0. The van der Waals surface area contributed by atoms with E-state index in [0.717, 1.165) is 0 Å². The van der Waals surface area contributed by atoms with Gasteiger partial charge in [-0.05, 0) is 25.7 Å². The molecule has 4 heteroatoms. The highest BCUT2D eigenvalue weighted by molar-refractivity contribution is 6.67. The molecule has 0 spiro atoms. The van der Waals surface area contributed by atoms with Gasteiger partial charge in [0.15, 0.2) is 0 Å². The average Bonchev–Trinajstić information content (AvgIpc) is 2.37.